The van der Waals surface area contributed by atoms with E-state index in [4.69, 9.17) is 27.1 Å². The first kappa shape index (κ1) is 37.0. The van der Waals surface area contributed by atoms with Gasteiger partial charge in [0.15, 0.2) is 10.9 Å². The van der Waals surface area contributed by atoms with Crippen molar-refractivity contribution < 1.29 is 41.3 Å². The highest BCUT2D eigenvalue weighted by Gasteiger charge is 2.61. The Bertz CT molecular complexity index is 1680. The number of hydrazone groups is 1. The first-order valence-electron chi connectivity index (χ1n) is 14.7. The van der Waals surface area contributed by atoms with Gasteiger partial charge in [0.05, 0.1) is 33.1 Å². The summed E-state index contributed by atoms with van der Waals surface area (Å²) in [7, 11) is 1.58. The molecule has 0 spiro atoms. The fourth-order valence-corrected chi connectivity index (χ4v) is 4.40. The maximum atomic E-state index is 13.3. The van der Waals surface area contributed by atoms with Gasteiger partial charge in [-0.2, -0.15) is 32.0 Å². The molecule has 3 aromatic carbocycles. The Kier molecular flexibility index (Phi) is 11.7. The van der Waals surface area contributed by atoms with Gasteiger partial charge in [-0.1, -0.05) is 44.2 Å². The summed E-state index contributed by atoms with van der Waals surface area (Å²) in [4.78, 5) is 4.25. The Morgan fingerprint density at radius 3 is 2.24 bits per heavy atom. The number of aliphatic imine (C=N–C) groups is 1. The van der Waals surface area contributed by atoms with Crippen LogP contribution in [0.1, 0.15) is 36.5 Å². The van der Waals surface area contributed by atoms with Gasteiger partial charge in [-0.3, -0.25) is 10.8 Å². The molecular formula is C32H34F5N7O4S. The third-order valence-electron chi connectivity index (χ3n) is 6.94. The maximum absolute atomic E-state index is 13.3. The second kappa shape index (κ2) is 15.6. The molecule has 0 amide bonds. The molecule has 11 nitrogen and oxygen atoms in total. The number of ether oxygens (including phenoxy) is 3. The number of halogens is 5. The van der Waals surface area contributed by atoms with Gasteiger partial charge < -0.3 is 35.3 Å². The van der Waals surface area contributed by atoms with Crippen LogP contribution in [0.3, 0.4) is 0 Å². The minimum Gasteiger partial charge on any atom is -0.497 e. The van der Waals surface area contributed by atoms with Gasteiger partial charge in [0.25, 0.3) is 0 Å². The highest BCUT2D eigenvalue weighted by atomic mass is 32.1. The van der Waals surface area contributed by atoms with E-state index in [0.29, 0.717) is 16.9 Å². The van der Waals surface area contributed by atoms with Gasteiger partial charge in [-0.15, -0.1) is 0 Å². The first-order valence-corrected chi connectivity index (χ1v) is 15.1. The quantitative estimate of drug-likeness (QED) is 0.0478. The third kappa shape index (κ3) is 10.3. The summed E-state index contributed by atoms with van der Waals surface area (Å²) in [5.41, 5.74) is 4.75. The van der Waals surface area contributed by atoms with Gasteiger partial charge in [0.1, 0.15) is 17.1 Å². The van der Waals surface area contributed by atoms with Gasteiger partial charge in [-0.25, -0.2) is 0 Å². The second-order valence-electron chi connectivity index (χ2n) is 11.2. The average molecular weight is 708 g/mol. The molecule has 0 radical (unpaired) electrons. The van der Waals surface area contributed by atoms with Crippen molar-refractivity contribution in [3.8, 4) is 11.5 Å². The van der Waals surface area contributed by atoms with Crippen molar-refractivity contribution in [3.63, 3.8) is 0 Å². The molecule has 4 rings (SSSR count). The minimum atomic E-state index is -5.89. The number of methoxy groups -OCH3 is 1. The average Bonchev–Trinajstić information content (AvgIpc) is 3.03. The zero-order chi connectivity index (χ0) is 35.8. The third-order valence-corrected chi connectivity index (χ3v) is 7.13. The number of rotatable bonds is 11. The van der Waals surface area contributed by atoms with Crippen LogP contribution in [0.25, 0.3) is 0 Å². The van der Waals surface area contributed by atoms with Crippen LogP contribution >= 0.6 is 12.2 Å². The number of anilines is 2. The predicted octanol–water partition coefficient (Wildman–Crippen LogP) is 5.82. The minimum absolute atomic E-state index is 0.00729. The largest absolute Gasteiger partial charge is 0.499 e. The highest BCUT2D eigenvalue weighted by Crippen LogP contribution is 2.37. The summed E-state index contributed by atoms with van der Waals surface area (Å²) < 4.78 is 78.2. The van der Waals surface area contributed by atoms with Crippen LogP contribution in [-0.4, -0.2) is 73.0 Å². The maximum Gasteiger partial charge on any atom is 0.499 e. The molecule has 0 aromatic heterocycles. The number of thiocarbonyl (C=S) groups is 1. The molecule has 262 valence electrons. The lowest BCUT2D eigenvalue weighted by atomic mass is 10.0. The Morgan fingerprint density at radius 1 is 1.02 bits per heavy atom. The Hall–Kier alpha value is -4.87. The summed E-state index contributed by atoms with van der Waals surface area (Å²) in [6.07, 6.45) is -9.72. The molecule has 0 unspecified atom stereocenters. The number of guanidine groups is 1. The second-order valence-corrected chi connectivity index (χ2v) is 11.6. The summed E-state index contributed by atoms with van der Waals surface area (Å²) in [6.45, 7) is 4.26. The lowest BCUT2D eigenvalue weighted by molar-refractivity contribution is -0.360. The van der Waals surface area contributed by atoms with Gasteiger partial charge >= 0.3 is 12.3 Å². The van der Waals surface area contributed by atoms with E-state index >= 15 is 0 Å². The molecule has 17 heteroatoms. The van der Waals surface area contributed by atoms with E-state index in [1.54, 1.807) is 31.4 Å². The van der Waals surface area contributed by atoms with Gasteiger partial charge in [-0.05, 0) is 59.6 Å². The molecule has 0 atom stereocenters. The summed E-state index contributed by atoms with van der Waals surface area (Å²) >= 11 is 5.38. The SMILES string of the molecule is COc1ccc(C(C)C)c(NC(=S)N/N=C/c2ccc(C(=N)/N=C(/NCC3(O)COC3)Nc3ccc(OC(F)(F)C(F)(F)F)cc3)cc2)c1. The number of nitrogens with one attached hydrogen (secondary N) is 5. The van der Waals surface area contributed by atoms with Gasteiger partial charge in [0.2, 0.25) is 5.96 Å². The van der Waals surface area contributed by atoms with E-state index in [1.165, 1.54) is 18.3 Å². The van der Waals surface area contributed by atoms with E-state index in [0.717, 1.165) is 23.4 Å². The first-order chi connectivity index (χ1) is 23.1. The number of amidine groups is 1. The molecule has 1 aliphatic heterocycles. The Balaban J connectivity index is 1.40. The van der Waals surface area contributed by atoms with Crippen molar-refractivity contribution in [2.75, 3.05) is 37.5 Å². The number of nitrogens with zero attached hydrogens (tertiary/aromatic N) is 2. The monoisotopic (exact) mass is 707 g/mol. The lowest BCUT2D eigenvalue weighted by Gasteiger charge is -2.36. The van der Waals surface area contributed by atoms with Crippen molar-refractivity contribution in [2.45, 2.75) is 37.7 Å². The fourth-order valence-electron chi connectivity index (χ4n) is 4.24. The summed E-state index contributed by atoms with van der Waals surface area (Å²) in [6, 6.07) is 16.6. The number of hydrogen-bond donors (Lipinski definition) is 6. The zero-order valence-corrected chi connectivity index (χ0v) is 27.3. The van der Waals surface area contributed by atoms with Crippen molar-refractivity contribution in [2.24, 2.45) is 10.1 Å². The molecule has 3 aromatic rings. The molecule has 6 N–H and O–H groups in total. The van der Waals surface area contributed by atoms with Crippen LogP contribution < -0.4 is 30.8 Å². The number of benzene rings is 3. The Labute approximate surface area is 284 Å². The van der Waals surface area contributed by atoms with Crippen molar-refractivity contribution >= 4 is 46.7 Å². The lowest BCUT2D eigenvalue weighted by Crippen LogP contribution is -2.57. The normalized spacial score (nSPS) is 14.6. The van der Waals surface area contributed by atoms with E-state index in [-0.39, 0.29) is 48.3 Å². The molecule has 1 aliphatic rings. The van der Waals surface area contributed by atoms with Crippen LogP contribution in [0.15, 0.2) is 76.8 Å². The number of alkyl halides is 5. The number of hydrogen-bond acceptors (Lipinski definition) is 7. The highest BCUT2D eigenvalue weighted by molar-refractivity contribution is 7.80. The molecule has 1 fully saturated rings. The van der Waals surface area contributed by atoms with Gasteiger partial charge in [0, 0.05) is 23.0 Å². The van der Waals surface area contributed by atoms with Crippen LogP contribution in [-0.2, 0) is 4.74 Å². The molecule has 1 saturated heterocycles. The van der Waals surface area contributed by atoms with E-state index < -0.39 is 23.6 Å². The Morgan fingerprint density at radius 2 is 1.67 bits per heavy atom. The van der Waals surface area contributed by atoms with Crippen molar-refractivity contribution in [3.05, 3.63) is 83.4 Å². The zero-order valence-electron chi connectivity index (χ0n) is 26.5. The van der Waals surface area contributed by atoms with Crippen molar-refractivity contribution in [1.29, 1.82) is 5.41 Å². The summed E-state index contributed by atoms with van der Waals surface area (Å²) in [5, 5.41) is 32.2. The molecule has 0 bridgehead atoms. The number of aliphatic hydroxyl groups is 1. The van der Waals surface area contributed by atoms with Crippen LogP contribution in [0, 0.1) is 5.41 Å². The fraction of sp³-hybridized carbons (Fsp3) is 0.312. The summed E-state index contributed by atoms with van der Waals surface area (Å²) in [5.74, 6) is 0.00288. The van der Waals surface area contributed by atoms with Crippen LogP contribution in [0.4, 0.5) is 33.3 Å². The standard InChI is InChI=1S/C32H34F5N7O4S/c1-19(2)25-13-12-24(46-3)14-26(25)42-29(49)44-40-15-20-4-6-21(7-5-20)27(38)43-28(39-16-30(45)17-47-18-30)41-22-8-10-23(11-9-22)48-32(36,37)31(33,34)35/h4-15,19,45H,16-18H2,1-3H3,(H2,42,44,49)(H3,38,39,41,43)/b40-15+. The van der Waals surface area contributed by atoms with E-state index in [9.17, 15) is 27.1 Å². The van der Waals surface area contributed by atoms with E-state index in [1.807, 2.05) is 18.2 Å². The molecular weight excluding hydrogens is 673 g/mol. The predicted molar refractivity (Wildman–Crippen MR) is 180 cm³/mol. The smallest absolute Gasteiger partial charge is 0.497 e. The molecule has 1 heterocycles. The molecule has 49 heavy (non-hydrogen) atoms. The van der Waals surface area contributed by atoms with Crippen molar-refractivity contribution in [1.82, 2.24) is 10.7 Å². The molecule has 0 aliphatic carbocycles. The van der Waals surface area contributed by atoms with Crippen LogP contribution in [0.5, 0.6) is 11.5 Å². The van der Waals surface area contributed by atoms with Crippen LogP contribution in [0.2, 0.25) is 0 Å². The molecule has 0 saturated carbocycles. The van der Waals surface area contributed by atoms with E-state index in [2.05, 4.69) is 50.1 Å². The topological polar surface area (TPSA) is 145 Å².